The summed E-state index contributed by atoms with van der Waals surface area (Å²) in [7, 11) is 0. The molecule has 0 fully saturated rings. The molecule has 1 heterocycles. The molecular weight excluding hydrogens is 250 g/mol. The molecule has 3 nitrogen and oxygen atoms in total. The smallest absolute Gasteiger partial charge is 0.189 e. The lowest BCUT2D eigenvalue weighted by molar-refractivity contribution is 0.502. The van der Waals surface area contributed by atoms with Crippen LogP contribution >= 0.6 is 23.6 Å². The molecule has 1 atom stereocenters. The van der Waals surface area contributed by atoms with E-state index in [0.717, 1.165) is 23.9 Å². The number of hydrogen-bond donors (Lipinski definition) is 2. The normalized spacial score (nSPS) is 18.3. The van der Waals surface area contributed by atoms with Crippen molar-refractivity contribution in [2.45, 2.75) is 26.2 Å². The van der Waals surface area contributed by atoms with E-state index in [-0.39, 0.29) is 0 Å². The summed E-state index contributed by atoms with van der Waals surface area (Å²) in [6, 6.07) is 0. The maximum absolute atomic E-state index is 5.16. The number of aryl methyl sites for hydroxylation is 1. The van der Waals surface area contributed by atoms with Crippen molar-refractivity contribution < 1.29 is 0 Å². The van der Waals surface area contributed by atoms with Crippen LogP contribution in [0.5, 0.6) is 0 Å². The number of anilines is 1. The van der Waals surface area contributed by atoms with E-state index in [9.17, 15) is 0 Å². The van der Waals surface area contributed by atoms with Crippen LogP contribution in [0.15, 0.2) is 12.7 Å². The number of thiazole rings is 1. The van der Waals surface area contributed by atoms with Gasteiger partial charge >= 0.3 is 0 Å². The Morgan fingerprint density at radius 3 is 3.29 bits per heavy atom. The fourth-order valence-corrected chi connectivity index (χ4v) is 3.32. The molecule has 0 amide bonds. The monoisotopic (exact) mass is 267 g/mol. The molecule has 1 aliphatic carbocycles. The molecule has 2 rings (SSSR count). The van der Waals surface area contributed by atoms with Crippen LogP contribution in [0.2, 0.25) is 0 Å². The first kappa shape index (κ1) is 12.5. The fourth-order valence-electron chi connectivity index (χ4n) is 1.90. The van der Waals surface area contributed by atoms with Crippen LogP contribution in [-0.2, 0) is 12.8 Å². The molecule has 17 heavy (non-hydrogen) atoms. The molecule has 0 radical (unpaired) electrons. The highest BCUT2D eigenvalue weighted by atomic mass is 32.1. The lowest BCUT2D eigenvalue weighted by Crippen LogP contribution is -2.28. The minimum absolute atomic E-state index is 0.615. The Balaban J connectivity index is 1.98. The first-order chi connectivity index (χ1) is 8.19. The van der Waals surface area contributed by atoms with E-state index in [1.54, 1.807) is 17.4 Å². The molecule has 0 spiro atoms. The molecule has 92 valence electrons. The average Bonchev–Trinajstić information content (AvgIpc) is 2.67. The summed E-state index contributed by atoms with van der Waals surface area (Å²) < 4.78 is 0. The highest BCUT2D eigenvalue weighted by Gasteiger charge is 2.19. The largest absolute Gasteiger partial charge is 0.359 e. The predicted octanol–water partition coefficient (Wildman–Crippen LogP) is 2.74. The average molecular weight is 267 g/mol. The van der Waals surface area contributed by atoms with Crippen molar-refractivity contribution in [3.63, 3.8) is 0 Å². The van der Waals surface area contributed by atoms with E-state index < -0.39 is 0 Å². The molecule has 0 saturated carbocycles. The van der Waals surface area contributed by atoms with Gasteiger partial charge in [0.15, 0.2) is 10.2 Å². The third kappa shape index (κ3) is 3.26. The number of fused-ring (bicyclic) bond motifs is 1. The Hall–Kier alpha value is -0.940. The fraction of sp³-hybridized carbons (Fsp3) is 0.500. The highest BCUT2D eigenvalue weighted by molar-refractivity contribution is 7.80. The van der Waals surface area contributed by atoms with E-state index in [0.29, 0.717) is 11.7 Å². The zero-order chi connectivity index (χ0) is 12.3. The van der Waals surface area contributed by atoms with Gasteiger partial charge in [0.25, 0.3) is 0 Å². The number of nitrogens with one attached hydrogen (secondary N) is 2. The van der Waals surface area contributed by atoms with Crippen LogP contribution in [0.3, 0.4) is 0 Å². The van der Waals surface area contributed by atoms with Crippen molar-refractivity contribution in [2.75, 3.05) is 11.9 Å². The first-order valence-electron chi connectivity index (χ1n) is 5.83. The maximum atomic E-state index is 5.16. The minimum Gasteiger partial charge on any atom is -0.359 e. The van der Waals surface area contributed by atoms with Crippen LogP contribution in [0.4, 0.5) is 5.13 Å². The molecular formula is C12H17N3S2. The number of hydrogen-bond acceptors (Lipinski definition) is 3. The Kier molecular flexibility index (Phi) is 4.12. The molecule has 0 saturated heterocycles. The summed E-state index contributed by atoms with van der Waals surface area (Å²) in [5, 5.41) is 7.69. The van der Waals surface area contributed by atoms with Gasteiger partial charge in [0.05, 0.1) is 5.69 Å². The Morgan fingerprint density at radius 1 is 1.71 bits per heavy atom. The second-order valence-corrected chi connectivity index (χ2v) is 5.85. The maximum Gasteiger partial charge on any atom is 0.189 e. The standard InChI is InChI=1S/C12H17N3S2/c1-3-6-13-11(16)15-12-14-9-5-4-8(2)7-10(9)17-12/h3,8H,1,4-7H2,2H3,(H2,13,14,15,16). The molecule has 1 aromatic heterocycles. The quantitative estimate of drug-likeness (QED) is 0.652. The number of rotatable bonds is 3. The van der Waals surface area contributed by atoms with Crippen LogP contribution in [0.25, 0.3) is 0 Å². The zero-order valence-electron chi connectivity index (χ0n) is 9.95. The van der Waals surface area contributed by atoms with E-state index in [4.69, 9.17) is 12.2 Å². The van der Waals surface area contributed by atoms with Crippen molar-refractivity contribution in [1.29, 1.82) is 0 Å². The molecule has 0 bridgehead atoms. The topological polar surface area (TPSA) is 37.0 Å². The van der Waals surface area contributed by atoms with Gasteiger partial charge < -0.3 is 10.6 Å². The lowest BCUT2D eigenvalue weighted by atomic mass is 9.93. The molecule has 0 aliphatic heterocycles. The van der Waals surface area contributed by atoms with Crippen LogP contribution < -0.4 is 10.6 Å². The Bertz CT molecular complexity index is 425. The van der Waals surface area contributed by atoms with Gasteiger partial charge in [-0.15, -0.1) is 17.9 Å². The SMILES string of the molecule is C=CCNC(=S)Nc1nc2c(s1)CC(C)CC2. The van der Waals surface area contributed by atoms with Gasteiger partial charge in [0.1, 0.15) is 0 Å². The second kappa shape index (κ2) is 5.60. The molecule has 2 N–H and O–H groups in total. The van der Waals surface area contributed by atoms with Crippen molar-refractivity contribution in [3.8, 4) is 0 Å². The Morgan fingerprint density at radius 2 is 2.53 bits per heavy atom. The zero-order valence-corrected chi connectivity index (χ0v) is 11.6. The van der Waals surface area contributed by atoms with Gasteiger partial charge in [-0.25, -0.2) is 4.98 Å². The summed E-state index contributed by atoms with van der Waals surface area (Å²) in [6.07, 6.45) is 5.28. The Labute approximate surface area is 111 Å². The third-order valence-corrected chi connectivity index (χ3v) is 4.10. The summed E-state index contributed by atoms with van der Waals surface area (Å²) >= 11 is 6.89. The van der Waals surface area contributed by atoms with Crippen LogP contribution in [0.1, 0.15) is 23.9 Å². The molecule has 1 aromatic rings. The van der Waals surface area contributed by atoms with Gasteiger partial charge in [0.2, 0.25) is 0 Å². The lowest BCUT2D eigenvalue weighted by Gasteiger charge is -2.15. The van der Waals surface area contributed by atoms with Gasteiger partial charge in [0, 0.05) is 11.4 Å². The molecule has 5 heteroatoms. The summed E-state index contributed by atoms with van der Waals surface area (Å²) in [5.41, 5.74) is 1.25. The van der Waals surface area contributed by atoms with Crippen molar-refractivity contribution >= 4 is 33.8 Å². The number of aromatic nitrogens is 1. The third-order valence-electron chi connectivity index (χ3n) is 2.81. The van der Waals surface area contributed by atoms with E-state index in [1.165, 1.54) is 17.0 Å². The van der Waals surface area contributed by atoms with E-state index >= 15 is 0 Å². The summed E-state index contributed by atoms with van der Waals surface area (Å²) in [5.74, 6) is 0.779. The number of nitrogens with zero attached hydrogens (tertiary/aromatic N) is 1. The molecule has 1 aliphatic rings. The second-order valence-electron chi connectivity index (χ2n) is 4.36. The first-order valence-corrected chi connectivity index (χ1v) is 7.06. The van der Waals surface area contributed by atoms with Crippen molar-refractivity contribution in [3.05, 3.63) is 23.2 Å². The summed E-state index contributed by atoms with van der Waals surface area (Å²) in [4.78, 5) is 6.00. The predicted molar refractivity (Wildman–Crippen MR) is 77.7 cm³/mol. The molecule has 0 aromatic carbocycles. The van der Waals surface area contributed by atoms with Gasteiger partial charge in [-0.1, -0.05) is 13.0 Å². The van der Waals surface area contributed by atoms with E-state index in [1.807, 2.05) is 0 Å². The van der Waals surface area contributed by atoms with Crippen molar-refractivity contribution in [2.24, 2.45) is 5.92 Å². The van der Waals surface area contributed by atoms with Crippen LogP contribution in [-0.4, -0.2) is 16.6 Å². The van der Waals surface area contributed by atoms with Crippen LogP contribution in [0, 0.1) is 5.92 Å². The minimum atomic E-state index is 0.615. The van der Waals surface area contributed by atoms with Crippen molar-refractivity contribution in [1.82, 2.24) is 10.3 Å². The summed E-state index contributed by atoms with van der Waals surface area (Å²) in [6.45, 7) is 6.61. The number of thiocarbonyl (C=S) groups is 1. The molecule has 1 unspecified atom stereocenters. The highest BCUT2D eigenvalue weighted by Crippen LogP contribution is 2.31. The van der Waals surface area contributed by atoms with Gasteiger partial charge in [-0.05, 0) is 37.4 Å². The van der Waals surface area contributed by atoms with E-state index in [2.05, 4.69) is 29.1 Å². The van der Waals surface area contributed by atoms with Gasteiger partial charge in [-0.3, -0.25) is 0 Å². The van der Waals surface area contributed by atoms with Gasteiger partial charge in [-0.2, -0.15) is 0 Å².